The first-order chi connectivity index (χ1) is 9.65. The van der Waals surface area contributed by atoms with Crippen molar-refractivity contribution in [1.82, 2.24) is 19.5 Å². The molecule has 0 spiro atoms. The summed E-state index contributed by atoms with van der Waals surface area (Å²) in [6.07, 6.45) is 4.90. The molecule has 0 amide bonds. The molecule has 2 aromatic heterocycles. The molecule has 7 nitrogen and oxygen atoms in total. The van der Waals surface area contributed by atoms with E-state index in [1.807, 2.05) is 0 Å². The summed E-state index contributed by atoms with van der Waals surface area (Å²) in [5, 5.41) is 9.01. The van der Waals surface area contributed by atoms with Crippen LogP contribution in [0.1, 0.15) is 19.3 Å². The summed E-state index contributed by atoms with van der Waals surface area (Å²) in [6, 6.07) is 0. The Bertz CT molecular complexity index is 651. The minimum absolute atomic E-state index is 0.116. The summed E-state index contributed by atoms with van der Waals surface area (Å²) >= 11 is 5.97. The van der Waals surface area contributed by atoms with Crippen molar-refractivity contribution in [2.75, 3.05) is 18.0 Å². The molecule has 0 saturated carbocycles. The zero-order valence-electron chi connectivity index (χ0n) is 10.8. The zero-order chi connectivity index (χ0) is 14.1. The molecule has 0 radical (unpaired) electrons. The van der Waals surface area contributed by atoms with Gasteiger partial charge in [0.2, 0.25) is 5.28 Å². The smallest absolute Gasteiger partial charge is 0.323 e. The van der Waals surface area contributed by atoms with Crippen molar-refractivity contribution in [3.05, 3.63) is 11.6 Å². The second-order valence-corrected chi connectivity index (χ2v) is 5.14. The first-order valence-corrected chi connectivity index (χ1v) is 6.88. The van der Waals surface area contributed by atoms with E-state index in [2.05, 4.69) is 19.9 Å². The number of carboxylic acids is 1. The molecule has 106 valence electrons. The molecule has 3 heterocycles. The Labute approximate surface area is 120 Å². The summed E-state index contributed by atoms with van der Waals surface area (Å²) in [4.78, 5) is 25.6. The van der Waals surface area contributed by atoms with Crippen molar-refractivity contribution in [3.63, 3.8) is 0 Å². The first-order valence-electron chi connectivity index (χ1n) is 6.50. The van der Waals surface area contributed by atoms with Crippen molar-refractivity contribution in [1.29, 1.82) is 0 Å². The number of hydrogen-bond acceptors (Lipinski definition) is 5. The lowest BCUT2D eigenvalue weighted by Crippen LogP contribution is -2.30. The molecule has 8 heteroatoms. The summed E-state index contributed by atoms with van der Waals surface area (Å²) in [7, 11) is 0. The average molecular weight is 296 g/mol. The van der Waals surface area contributed by atoms with Gasteiger partial charge in [0.25, 0.3) is 0 Å². The number of aromatic nitrogens is 4. The van der Waals surface area contributed by atoms with Crippen LogP contribution in [0.2, 0.25) is 5.28 Å². The minimum atomic E-state index is -0.946. The highest BCUT2D eigenvalue weighted by atomic mass is 35.5. The van der Waals surface area contributed by atoms with Gasteiger partial charge in [0.1, 0.15) is 6.54 Å². The Morgan fingerprint density at radius 3 is 2.75 bits per heavy atom. The quantitative estimate of drug-likeness (QED) is 0.865. The molecule has 0 atom stereocenters. The number of aliphatic carboxylic acids is 1. The van der Waals surface area contributed by atoms with Gasteiger partial charge in [-0.1, -0.05) is 0 Å². The molecule has 0 aliphatic carbocycles. The van der Waals surface area contributed by atoms with Crippen LogP contribution in [-0.4, -0.2) is 43.7 Å². The second kappa shape index (κ2) is 5.24. The van der Waals surface area contributed by atoms with E-state index in [9.17, 15) is 4.79 Å². The predicted octanol–water partition coefficient (Wildman–Crippen LogP) is 1.55. The number of nitrogens with zero attached hydrogens (tertiary/aromatic N) is 5. The molecule has 0 aromatic carbocycles. The van der Waals surface area contributed by atoms with Crippen LogP contribution in [0.4, 0.5) is 5.82 Å². The van der Waals surface area contributed by atoms with Crippen molar-refractivity contribution in [3.8, 4) is 0 Å². The Morgan fingerprint density at radius 1 is 1.30 bits per heavy atom. The summed E-state index contributed by atoms with van der Waals surface area (Å²) in [5.74, 6) is -0.248. The van der Waals surface area contributed by atoms with Crippen LogP contribution in [0.15, 0.2) is 6.33 Å². The normalized spacial score (nSPS) is 15.8. The van der Waals surface area contributed by atoms with Crippen molar-refractivity contribution in [2.45, 2.75) is 25.8 Å². The highest BCUT2D eigenvalue weighted by Crippen LogP contribution is 2.26. The third-order valence-corrected chi connectivity index (χ3v) is 3.55. The maximum absolute atomic E-state index is 10.8. The lowest BCUT2D eigenvalue weighted by atomic mass is 10.1. The zero-order valence-corrected chi connectivity index (χ0v) is 11.5. The summed E-state index contributed by atoms with van der Waals surface area (Å²) in [5.41, 5.74) is 1.07. The van der Waals surface area contributed by atoms with Crippen LogP contribution in [0, 0.1) is 0 Å². The van der Waals surface area contributed by atoms with Crippen LogP contribution in [-0.2, 0) is 11.3 Å². The van der Waals surface area contributed by atoms with Gasteiger partial charge in [0.15, 0.2) is 17.0 Å². The van der Waals surface area contributed by atoms with Gasteiger partial charge in [-0.3, -0.25) is 4.79 Å². The second-order valence-electron chi connectivity index (χ2n) is 4.80. The average Bonchev–Trinajstić information content (AvgIpc) is 2.81. The number of piperidine rings is 1. The van der Waals surface area contributed by atoms with Gasteiger partial charge in [0.05, 0.1) is 6.33 Å². The van der Waals surface area contributed by atoms with E-state index in [1.165, 1.54) is 17.3 Å². The fourth-order valence-electron chi connectivity index (χ4n) is 2.49. The number of carbonyl (C=O) groups is 1. The molecular weight excluding hydrogens is 282 g/mol. The fourth-order valence-corrected chi connectivity index (χ4v) is 2.65. The molecule has 3 rings (SSSR count). The third-order valence-electron chi connectivity index (χ3n) is 3.38. The molecule has 1 fully saturated rings. The van der Waals surface area contributed by atoms with Gasteiger partial charge < -0.3 is 14.6 Å². The maximum Gasteiger partial charge on any atom is 0.323 e. The van der Waals surface area contributed by atoms with E-state index in [1.54, 1.807) is 0 Å². The molecule has 1 saturated heterocycles. The van der Waals surface area contributed by atoms with Gasteiger partial charge in [-0.05, 0) is 30.9 Å². The highest BCUT2D eigenvalue weighted by molar-refractivity contribution is 6.28. The lowest BCUT2D eigenvalue weighted by Gasteiger charge is -2.27. The van der Waals surface area contributed by atoms with Gasteiger partial charge in [0, 0.05) is 13.1 Å². The fraction of sp³-hybridized carbons (Fsp3) is 0.500. The Kier molecular flexibility index (Phi) is 3.43. The largest absolute Gasteiger partial charge is 0.480 e. The van der Waals surface area contributed by atoms with E-state index in [4.69, 9.17) is 16.7 Å². The van der Waals surface area contributed by atoms with E-state index < -0.39 is 5.97 Å². The molecule has 1 N–H and O–H groups in total. The van der Waals surface area contributed by atoms with Crippen LogP contribution in [0.5, 0.6) is 0 Å². The number of rotatable bonds is 3. The Balaban J connectivity index is 2.07. The molecule has 1 aliphatic heterocycles. The maximum atomic E-state index is 10.8. The monoisotopic (exact) mass is 295 g/mol. The lowest BCUT2D eigenvalue weighted by molar-refractivity contribution is -0.137. The molecule has 2 aromatic rings. The van der Waals surface area contributed by atoms with Gasteiger partial charge in [-0.2, -0.15) is 9.97 Å². The molecule has 20 heavy (non-hydrogen) atoms. The summed E-state index contributed by atoms with van der Waals surface area (Å²) < 4.78 is 1.47. The van der Waals surface area contributed by atoms with Crippen LogP contribution >= 0.6 is 11.6 Å². The number of carboxylic acid groups (broad SMARTS) is 1. The Hall–Kier alpha value is -1.89. The van der Waals surface area contributed by atoms with Crippen LogP contribution < -0.4 is 4.90 Å². The summed E-state index contributed by atoms with van der Waals surface area (Å²) in [6.45, 7) is 1.63. The minimum Gasteiger partial charge on any atom is -0.480 e. The van der Waals surface area contributed by atoms with Crippen molar-refractivity contribution >= 4 is 34.6 Å². The van der Waals surface area contributed by atoms with E-state index in [-0.39, 0.29) is 11.8 Å². The highest BCUT2D eigenvalue weighted by Gasteiger charge is 2.20. The number of hydrogen-bond donors (Lipinski definition) is 1. The third kappa shape index (κ3) is 2.40. The number of halogens is 1. The number of fused-ring (bicyclic) bond motifs is 1. The van der Waals surface area contributed by atoms with Crippen molar-refractivity contribution in [2.24, 2.45) is 0 Å². The van der Waals surface area contributed by atoms with Gasteiger partial charge in [-0.25, -0.2) is 4.98 Å². The van der Waals surface area contributed by atoms with Crippen LogP contribution in [0.25, 0.3) is 11.2 Å². The molecule has 1 aliphatic rings. The van der Waals surface area contributed by atoms with E-state index in [0.717, 1.165) is 25.9 Å². The van der Waals surface area contributed by atoms with Gasteiger partial charge in [-0.15, -0.1) is 0 Å². The number of imidazole rings is 1. The van der Waals surface area contributed by atoms with E-state index in [0.29, 0.717) is 17.0 Å². The standard InChI is InChI=1S/C12H14ClN5O2/c13-12-15-10(17-4-2-1-3-5-17)9-11(16-12)18(7-14-9)6-8(19)20/h7H,1-6H2,(H,19,20). The number of anilines is 1. The first kappa shape index (κ1) is 13.1. The van der Waals surface area contributed by atoms with Crippen molar-refractivity contribution < 1.29 is 9.90 Å². The topological polar surface area (TPSA) is 84.1 Å². The van der Waals surface area contributed by atoms with Gasteiger partial charge >= 0.3 is 5.97 Å². The predicted molar refractivity (Wildman–Crippen MR) is 74.0 cm³/mol. The van der Waals surface area contributed by atoms with E-state index >= 15 is 0 Å². The molecular formula is C12H14ClN5O2. The Morgan fingerprint density at radius 2 is 2.05 bits per heavy atom. The molecule has 0 bridgehead atoms. The van der Waals surface area contributed by atoms with Crippen LogP contribution in [0.3, 0.4) is 0 Å². The SMILES string of the molecule is O=C(O)Cn1cnc2c(N3CCCCC3)nc(Cl)nc21. The molecule has 0 unspecified atom stereocenters.